The Hall–Kier alpha value is -4.00. The fraction of sp³-hybridized carbons (Fsp3) is 0.400. The molecule has 0 saturated carbocycles. The first-order chi connectivity index (χ1) is 20.1. The summed E-state index contributed by atoms with van der Waals surface area (Å²) in [5.41, 5.74) is 0.832. The van der Waals surface area contributed by atoms with E-state index in [9.17, 15) is 22.4 Å². The maximum atomic E-state index is 14.6. The van der Waals surface area contributed by atoms with Gasteiger partial charge in [-0.05, 0) is 42.5 Å². The van der Waals surface area contributed by atoms with Gasteiger partial charge in [-0.25, -0.2) is 11.0 Å². The topological polar surface area (TPSA) is 70.0 Å². The van der Waals surface area contributed by atoms with E-state index in [1.54, 1.807) is 12.1 Å². The van der Waals surface area contributed by atoms with Gasteiger partial charge in [-0.2, -0.15) is 13.2 Å². The Morgan fingerprint density at radius 3 is 2.67 bits per heavy atom. The summed E-state index contributed by atoms with van der Waals surface area (Å²) in [4.78, 5) is 17.8. The number of thiophene rings is 1. The Morgan fingerprint density at radius 2 is 2.00 bits per heavy atom. The normalized spacial score (nSPS) is 14.1. The third-order valence-corrected chi connectivity index (χ3v) is 8.18. The van der Waals surface area contributed by atoms with Gasteiger partial charge in [0.1, 0.15) is 5.82 Å². The SMILES string of the molecule is [C-]#[N+]COc1cc(C(=O)NC)c(F)cc1NCC#Cc1sc2c(NC3CCN(CC)CC3)cccc2c1CC(F)(F)F. The molecule has 2 heterocycles. The van der Waals surface area contributed by atoms with Crippen molar-refractivity contribution in [3.8, 4) is 17.6 Å². The molecule has 3 N–H and O–H groups in total. The highest BCUT2D eigenvalue weighted by Gasteiger charge is 2.31. The second-order valence-electron chi connectivity index (χ2n) is 9.73. The lowest BCUT2D eigenvalue weighted by Crippen LogP contribution is -2.38. The molecule has 1 aromatic heterocycles. The molecule has 222 valence electrons. The van der Waals surface area contributed by atoms with Crippen LogP contribution in [0.25, 0.3) is 14.9 Å². The van der Waals surface area contributed by atoms with Gasteiger partial charge in [0.25, 0.3) is 5.91 Å². The molecule has 0 atom stereocenters. The summed E-state index contributed by atoms with van der Waals surface area (Å²) >= 11 is 1.22. The number of likely N-dealkylation sites (tertiary alicyclic amines) is 1. The largest absolute Gasteiger partial charge is 0.424 e. The summed E-state index contributed by atoms with van der Waals surface area (Å²) in [5.74, 6) is 4.33. The molecular weight excluding hydrogens is 570 g/mol. The van der Waals surface area contributed by atoms with Gasteiger partial charge in [0.05, 0.1) is 39.5 Å². The van der Waals surface area contributed by atoms with Crippen molar-refractivity contribution in [1.29, 1.82) is 0 Å². The van der Waals surface area contributed by atoms with Gasteiger partial charge in [-0.15, -0.1) is 11.3 Å². The average Bonchev–Trinajstić information content (AvgIpc) is 3.31. The van der Waals surface area contributed by atoms with E-state index in [0.717, 1.165) is 48.9 Å². The fourth-order valence-electron chi connectivity index (χ4n) is 4.86. The first-order valence-corrected chi connectivity index (χ1v) is 14.3. The van der Waals surface area contributed by atoms with Crippen molar-refractivity contribution >= 4 is 38.7 Å². The number of nitrogens with zero attached hydrogens (tertiary/aromatic N) is 2. The van der Waals surface area contributed by atoms with Crippen LogP contribution in [-0.2, 0) is 6.42 Å². The summed E-state index contributed by atoms with van der Waals surface area (Å²) < 4.78 is 61.5. The van der Waals surface area contributed by atoms with E-state index in [4.69, 9.17) is 11.3 Å². The number of halogens is 4. The molecule has 0 unspecified atom stereocenters. The van der Waals surface area contributed by atoms with Crippen LogP contribution in [0, 0.1) is 24.2 Å². The quantitative estimate of drug-likeness (QED) is 0.157. The molecule has 42 heavy (non-hydrogen) atoms. The summed E-state index contributed by atoms with van der Waals surface area (Å²) in [7, 11) is 1.36. The van der Waals surface area contributed by atoms with Gasteiger partial charge in [0, 0.05) is 32.2 Å². The Bertz CT molecular complexity index is 1530. The standard InChI is InChI=1S/C30H31F4N5O2S/c1-4-39-13-10-19(11-14-39)38-24-8-5-7-20-22(17-30(32,33)34)27(42-28(20)24)9-6-12-37-25-16-23(31)21(29(40)36-3)15-26(25)41-18-35-2/h5,7-8,15-16,19,37-38H,4,10-14,17-18H2,1,3H3,(H,36,40). The average molecular weight is 602 g/mol. The smallest absolute Gasteiger partial charge is 0.393 e. The van der Waals surface area contributed by atoms with Gasteiger partial charge < -0.3 is 25.6 Å². The zero-order valence-electron chi connectivity index (χ0n) is 23.3. The van der Waals surface area contributed by atoms with Crippen molar-refractivity contribution in [2.24, 2.45) is 0 Å². The van der Waals surface area contributed by atoms with Crippen LogP contribution in [0.1, 0.15) is 40.6 Å². The minimum Gasteiger partial charge on any atom is -0.424 e. The lowest BCUT2D eigenvalue weighted by Gasteiger charge is -2.32. The minimum atomic E-state index is -4.42. The molecule has 1 fully saturated rings. The Labute approximate surface area is 246 Å². The Kier molecular flexibility index (Phi) is 10.2. The zero-order valence-corrected chi connectivity index (χ0v) is 24.1. The summed E-state index contributed by atoms with van der Waals surface area (Å²) in [6, 6.07) is 7.83. The van der Waals surface area contributed by atoms with Gasteiger partial charge in [-0.3, -0.25) is 9.64 Å². The number of alkyl halides is 3. The summed E-state index contributed by atoms with van der Waals surface area (Å²) in [6.07, 6.45) is -3.62. The van der Waals surface area contributed by atoms with Crippen LogP contribution in [0.2, 0.25) is 0 Å². The maximum absolute atomic E-state index is 14.6. The molecule has 1 aliphatic rings. The molecule has 1 aliphatic heterocycles. The van der Waals surface area contributed by atoms with Crippen molar-refractivity contribution in [3.05, 3.63) is 63.6 Å². The van der Waals surface area contributed by atoms with E-state index in [-0.39, 0.29) is 41.9 Å². The third kappa shape index (κ3) is 7.64. The number of carbonyl (C=O) groups excluding carboxylic acids is 1. The highest BCUT2D eigenvalue weighted by molar-refractivity contribution is 7.20. The van der Waals surface area contributed by atoms with Crippen LogP contribution in [0.3, 0.4) is 0 Å². The molecule has 0 spiro atoms. The number of amides is 1. The van der Waals surface area contributed by atoms with Crippen molar-refractivity contribution in [2.75, 3.05) is 50.6 Å². The lowest BCUT2D eigenvalue weighted by molar-refractivity contribution is -0.126. The predicted octanol–water partition coefficient (Wildman–Crippen LogP) is 6.12. The first-order valence-electron chi connectivity index (χ1n) is 13.5. The van der Waals surface area contributed by atoms with Crippen LogP contribution in [-0.4, -0.2) is 63.0 Å². The lowest BCUT2D eigenvalue weighted by atomic mass is 10.0. The molecule has 7 nitrogen and oxygen atoms in total. The second-order valence-corrected chi connectivity index (χ2v) is 10.8. The molecule has 0 bridgehead atoms. The molecule has 12 heteroatoms. The number of hydrogen-bond donors (Lipinski definition) is 3. The molecule has 0 radical (unpaired) electrons. The number of nitrogens with one attached hydrogen (secondary N) is 3. The molecular formula is C30H31F4N5O2S. The number of carbonyl (C=O) groups is 1. The molecule has 4 rings (SSSR count). The third-order valence-electron chi connectivity index (χ3n) is 6.98. The van der Waals surface area contributed by atoms with E-state index in [0.29, 0.717) is 10.3 Å². The van der Waals surface area contributed by atoms with Crippen LogP contribution in [0.4, 0.5) is 28.9 Å². The number of piperidine rings is 1. The molecule has 1 amide bonds. The minimum absolute atomic E-state index is 0.0477. The molecule has 1 saturated heterocycles. The molecule has 0 aliphatic carbocycles. The van der Waals surface area contributed by atoms with Crippen LogP contribution in [0.15, 0.2) is 30.3 Å². The monoisotopic (exact) mass is 601 g/mol. The van der Waals surface area contributed by atoms with Gasteiger partial charge in [0.15, 0.2) is 5.75 Å². The number of benzene rings is 2. The molecule has 2 aromatic carbocycles. The van der Waals surface area contributed by atoms with Gasteiger partial charge >= 0.3 is 12.9 Å². The molecule has 3 aromatic rings. The number of ether oxygens (including phenoxy) is 1. The Balaban J connectivity index is 1.59. The number of rotatable bonds is 9. The van der Waals surface area contributed by atoms with Crippen LogP contribution in [0.5, 0.6) is 5.75 Å². The Morgan fingerprint density at radius 1 is 1.24 bits per heavy atom. The second kappa shape index (κ2) is 13.8. The van der Waals surface area contributed by atoms with Gasteiger partial charge in [-0.1, -0.05) is 30.9 Å². The summed E-state index contributed by atoms with van der Waals surface area (Å²) in [5, 5.41) is 9.29. The van der Waals surface area contributed by atoms with Crippen molar-refractivity contribution < 1.29 is 27.1 Å². The van der Waals surface area contributed by atoms with Crippen LogP contribution < -0.4 is 20.7 Å². The van der Waals surface area contributed by atoms with E-state index < -0.39 is 24.3 Å². The van der Waals surface area contributed by atoms with Crippen molar-refractivity contribution in [3.63, 3.8) is 0 Å². The summed E-state index contributed by atoms with van der Waals surface area (Å²) in [6.45, 7) is 11.6. The highest BCUT2D eigenvalue weighted by Crippen LogP contribution is 2.39. The highest BCUT2D eigenvalue weighted by atomic mass is 32.1. The predicted molar refractivity (Wildman–Crippen MR) is 158 cm³/mol. The fourth-order valence-corrected chi connectivity index (χ4v) is 6.03. The van der Waals surface area contributed by atoms with E-state index in [1.165, 1.54) is 24.5 Å². The van der Waals surface area contributed by atoms with E-state index in [2.05, 4.69) is 44.5 Å². The zero-order chi connectivity index (χ0) is 30.3. The van der Waals surface area contributed by atoms with E-state index >= 15 is 0 Å². The first kappa shape index (κ1) is 30.9. The number of fused-ring (bicyclic) bond motifs is 1. The van der Waals surface area contributed by atoms with E-state index in [1.807, 2.05) is 6.07 Å². The van der Waals surface area contributed by atoms with Crippen molar-refractivity contribution in [2.45, 2.75) is 38.4 Å². The number of anilines is 2. The van der Waals surface area contributed by atoms with Crippen molar-refractivity contribution in [1.82, 2.24) is 10.2 Å². The number of hydrogen-bond acceptors (Lipinski definition) is 6. The maximum Gasteiger partial charge on any atom is 0.393 e. The van der Waals surface area contributed by atoms with Crippen LogP contribution >= 0.6 is 11.3 Å². The van der Waals surface area contributed by atoms with Gasteiger partial charge in [0.2, 0.25) is 0 Å².